The number of aromatic nitrogens is 1. The van der Waals surface area contributed by atoms with Gasteiger partial charge >= 0.3 is 0 Å². The number of thiophene rings is 1. The standard InChI is InChI=1S/C11H16N4O2S3/c1-14(2)20(16,17)9-10(12)13-19-11(9)15(3)7-8-5-4-6-18-8/h4-6H,7H2,1-3H3,(H2,12,13). The predicted octanol–water partition coefficient (Wildman–Crippen LogP) is 1.67. The third-order valence-corrected chi connectivity index (χ3v) is 6.56. The molecule has 20 heavy (non-hydrogen) atoms. The second-order valence-electron chi connectivity index (χ2n) is 4.42. The quantitative estimate of drug-likeness (QED) is 0.901. The average molecular weight is 332 g/mol. The van der Waals surface area contributed by atoms with Gasteiger partial charge in [0.1, 0.15) is 5.00 Å². The van der Waals surface area contributed by atoms with E-state index in [1.807, 2.05) is 29.5 Å². The lowest BCUT2D eigenvalue weighted by Gasteiger charge is -2.19. The Morgan fingerprint density at radius 1 is 1.35 bits per heavy atom. The maximum absolute atomic E-state index is 12.3. The van der Waals surface area contributed by atoms with E-state index in [9.17, 15) is 8.42 Å². The minimum absolute atomic E-state index is 0.0525. The van der Waals surface area contributed by atoms with Gasteiger partial charge in [-0.05, 0) is 23.0 Å². The van der Waals surface area contributed by atoms with Gasteiger partial charge in [0.2, 0.25) is 10.0 Å². The van der Waals surface area contributed by atoms with Gasteiger partial charge in [-0.3, -0.25) is 0 Å². The fourth-order valence-corrected chi connectivity index (χ4v) is 4.62. The summed E-state index contributed by atoms with van der Waals surface area (Å²) in [4.78, 5) is 3.09. The zero-order valence-electron chi connectivity index (χ0n) is 11.4. The number of nitrogen functional groups attached to an aromatic ring is 1. The van der Waals surface area contributed by atoms with E-state index in [0.29, 0.717) is 11.5 Å². The SMILES string of the molecule is CN(Cc1cccs1)c1snc(N)c1S(=O)(=O)N(C)C. The summed E-state index contributed by atoms with van der Waals surface area (Å²) in [6.07, 6.45) is 0. The molecular formula is C11H16N4O2S3. The molecule has 0 aliphatic heterocycles. The summed E-state index contributed by atoms with van der Waals surface area (Å²) in [5.41, 5.74) is 5.75. The lowest BCUT2D eigenvalue weighted by Crippen LogP contribution is -2.25. The van der Waals surface area contributed by atoms with Crippen LogP contribution in [0.1, 0.15) is 4.88 Å². The molecule has 0 saturated carbocycles. The van der Waals surface area contributed by atoms with Gasteiger partial charge in [-0.1, -0.05) is 6.07 Å². The Hall–Kier alpha value is -1.16. The predicted molar refractivity (Wildman–Crippen MR) is 83.8 cm³/mol. The maximum atomic E-state index is 12.3. The first-order valence-electron chi connectivity index (χ1n) is 5.75. The van der Waals surface area contributed by atoms with E-state index in [-0.39, 0.29) is 10.7 Å². The van der Waals surface area contributed by atoms with Crippen molar-refractivity contribution in [1.82, 2.24) is 8.68 Å². The summed E-state index contributed by atoms with van der Waals surface area (Å²) in [6.45, 7) is 0.620. The molecule has 0 aliphatic carbocycles. The maximum Gasteiger partial charge on any atom is 0.249 e. The Labute approximate surface area is 126 Å². The van der Waals surface area contributed by atoms with Crippen LogP contribution in [0.4, 0.5) is 10.8 Å². The largest absolute Gasteiger partial charge is 0.382 e. The first-order chi connectivity index (χ1) is 9.34. The number of hydrogen-bond acceptors (Lipinski definition) is 7. The normalized spacial score (nSPS) is 12.0. The third kappa shape index (κ3) is 2.80. The van der Waals surface area contributed by atoms with Crippen molar-refractivity contribution in [3.05, 3.63) is 22.4 Å². The van der Waals surface area contributed by atoms with Gasteiger partial charge in [0, 0.05) is 26.0 Å². The zero-order chi connectivity index (χ0) is 14.9. The number of sulfonamides is 1. The Morgan fingerprint density at radius 2 is 2.05 bits per heavy atom. The molecule has 2 aromatic rings. The van der Waals surface area contributed by atoms with E-state index in [1.54, 1.807) is 11.3 Å². The van der Waals surface area contributed by atoms with Crippen LogP contribution in [0.3, 0.4) is 0 Å². The molecule has 6 nitrogen and oxygen atoms in total. The van der Waals surface area contributed by atoms with Crippen LogP contribution >= 0.6 is 22.9 Å². The molecule has 0 unspecified atom stereocenters. The van der Waals surface area contributed by atoms with Crippen LogP contribution in [0, 0.1) is 0 Å². The second-order valence-corrected chi connectivity index (χ2v) is 8.30. The van der Waals surface area contributed by atoms with Crippen molar-refractivity contribution in [2.24, 2.45) is 0 Å². The first-order valence-corrected chi connectivity index (χ1v) is 8.84. The molecule has 0 amide bonds. The molecule has 0 fully saturated rings. The topological polar surface area (TPSA) is 79.5 Å². The van der Waals surface area contributed by atoms with Crippen LogP contribution in [-0.2, 0) is 16.6 Å². The lowest BCUT2D eigenvalue weighted by atomic mass is 10.4. The summed E-state index contributed by atoms with van der Waals surface area (Å²) in [7, 11) is 1.20. The Bertz CT molecular complexity index is 677. The van der Waals surface area contributed by atoms with Crippen molar-refractivity contribution in [2.75, 3.05) is 31.8 Å². The highest BCUT2D eigenvalue weighted by Crippen LogP contribution is 2.36. The van der Waals surface area contributed by atoms with Crippen LogP contribution in [0.15, 0.2) is 22.4 Å². The van der Waals surface area contributed by atoms with E-state index in [4.69, 9.17) is 5.73 Å². The van der Waals surface area contributed by atoms with Crippen LogP contribution in [0.2, 0.25) is 0 Å². The Kier molecular flexibility index (Phi) is 4.33. The molecule has 2 N–H and O–H groups in total. The summed E-state index contributed by atoms with van der Waals surface area (Å²) < 4.78 is 29.8. The fourth-order valence-electron chi connectivity index (χ4n) is 1.66. The second kappa shape index (κ2) is 5.68. The van der Waals surface area contributed by atoms with Crippen LogP contribution < -0.4 is 10.6 Å². The van der Waals surface area contributed by atoms with E-state index in [2.05, 4.69) is 4.37 Å². The average Bonchev–Trinajstić information content (AvgIpc) is 2.98. The monoisotopic (exact) mass is 332 g/mol. The summed E-state index contributed by atoms with van der Waals surface area (Å²) in [6, 6.07) is 3.97. The van der Waals surface area contributed by atoms with Crippen LogP contribution in [0.25, 0.3) is 0 Å². The van der Waals surface area contributed by atoms with Crippen molar-refractivity contribution in [2.45, 2.75) is 11.4 Å². The number of nitrogens with two attached hydrogens (primary N) is 1. The van der Waals surface area contributed by atoms with Gasteiger partial charge in [0.25, 0.3) is 0 Å². The molecule has 2 heterocycles. The van der Waals surface area contributed by atoms with Crippen molar-refractivity contribution in [3.8, 4) is 0 Å². The van der Waals surface area contributed by atoms with Gasteiger partial charge in [0.05, 0.1) is 6.54 Å². The van der Waals surface area contributed by atoms with Crippen molar-refractivity contribution in [3.63, 3.8) is 0 Å². The smallest absolute Gasteiger partial charge is 0.249 e. The molecule has 2 aromatic heterocycles. The van der Waals surface area contributed by atoms with Gasteiger partial charge in [-0.25, -0.2) is 12.7 Å². The summed E-state index contributed by atoms with van der Waals surface area (Å²) in [5.74, 6) is 0.0525. The Balaban J connectivity index is 2.39. The zero-order valence-corrected chi connectivity index (χ0v) is 13.8. The third-order valence-electron chi connectivity index (χ3n) is 2.72. The summed E-state index contributed by atoms with van der Waals surface area (Å²) >= 11 is 2.72. The molecule has 0 aromatic carbocycles. The number of anilines is 2. The number of nitrogens with zero attached hydrogens (tertiary/aromatic N) is 3. The first kappa shape index (κ1) is 15.2. The fraction of sp³-hybridized carbons (Fsp3) is 0.364. The van der Waals surface area contributed by atoms with Crippen molar-refractivity contribution in [1.29, 1.82) is 0 Å². The summed E-state index contributed by atoms with van der Waals surface area (Å²) in [5, 5.41) is 2.55. The van der Waals surface area contributed by atoms with Crippen LogP contribution in [0.5, 0.6) is 0 Å². The van der Waals surface area contributed by atoms with Gasteiger partial charge in [0.15, 0.2) is 10.7 Å². The number of hydrogen-bond donors (Lipinski definition) is 1. The molecule has 9 heteroatoms. The highest BCUT2D eigenvalue weighted by atomic mass is 32.2. The van der Waals surface area contributed by atoms with Gasteiger partial charge in [-0.15, -0.1) is 11.3 Å². The van der Waals surface area contributed by atoms with E-state index >= 15 is 0 Å². The molecule has 0 saturated heterocycles. The highest BCUT2D eigenvalue weighted by Gasteiger charge is 2.29. The minimum atomic E-state index is -3.60. The molecule has 0 aliphatic rings. The molecular weight excluding hydrogens is 316 g/mol. The Morgan fingerprint density at radius 3 is 2.60 bits per heavy atom. The molecule has 0 radical (unpaired) electrons. The van der Waals surface area contributed by atoms with Crippen molar-refractivity contribution < 1.29 is 8.42 Å². The van der Waals surface area contributed by atoms with E-state index in [1.165, 1.54) is 14.1 Å². The molecule has 2 rings (SSSR count). The molecule has 110 valence electrons. The highest BCUT2D eigenvalue weighted by molar-refractivity contribution is 7.89. The molecule has 0 atom stereocenters. The molecule has 0 spiro atoms. The lowest BCUT2D eigenvalue weighted by molar-refractivity contribution is 0.521. The van der Waals surface area contributed by atoms with Crippen molar-refractivity contribution >= 4 is 43.7 Å². The minimum Gasteiger partial charge on any atom is -0.382 e. The van der Waals surface area contributed by atoms with Crippen LogP contribution in [-0.4, -0.2) is 38.2 Å². The van der Waals surface area contributed by atoms with E-state index < -0.39 is 10.0 Å². The molecule has 0 bridgehead atoms. The van der Waals surface area contributed by atoms with E-state index in [0.717, 1.165) is 20.7 Å². The van der Waals surface area contributed by atoms with Gasteiger partial charge < -0.3 is 10.6 Å². The van der Waals surface area contributed by atoms with Gasteiger partial charge in [-0.2, -0.15) is 4.37 Å². The number of rotatable bonds is 5.